The lowest BCUT2D eigenvalue weighted by Crippen LogP contribution is -2.57. The number of benzene rings is 1. The van der Waals surface area contributed by atoms with Crippen LogP contribution in [0.1, 0.15) is 29.6 Å². The summed E-state index contributed by atoms with van der Waals surface area (Å²) in [5.41, 5.74) is 0.585. The van der Waals surface area contributed by atoms with Crippen molar-refractivity contribution >= 4 is 21.8 Å². The van der Waals surface area contributed by atoms with Crippen LogP contribution in [0, 0.1) is 0 Å². The predicted octanol–water partition coefficient (Wildman–Crippen LogP) is 2.37. The molecule has 1 fully saturated rings. The van der Waals surface area contributed by atoms with Crippen molar-refractivity contribution in [3.8, 4) is 5.75 Å². The normalized spacial score (nSPS) is 17.1. The molecule has 0 aromatic heterocycles. The van der Waals surface area contributed by atoms with E-state index in [0.717, 1.165) is 12.8 Å². The Morgan fingerprint density at radius 2 is 2.16 bits per heavy atom. The van der Waals surface area contributed by atoms with Gasteiger partial charge in [0.15, 0.2) is 0 Å². The zero-order valence-corrected chi connectivity index (χ0v) is 12.8. The average Bonchev–Trinajstić information content (AvgIpc) is 2.30. The molecule has 1 saturated carbocycles. The first-order valence-corrected chi connectivity index (χ1v) is 7.18. The first-order chi connectivity index (χ1) is 8.94. The van der Waals surface area contributed by atoms with Crippen molar-refractivity contribution in [3.63, 3.8) is 0 Å². The van der Waals surface area contributed by atoms with Crippen LogP contribution in [0.5, 0.6) is 5.75 Å². The summed E-state index contributed by atoms with van der Waals surface area (Å²) in [6, 6.07) is 4.85. The van der Waals surface area contributed by atoms with Gasteiger partial charge in [-0.2, -0.15) is 0 Å². The number of phenols is 1. The molecule has 1 aliphatic carbocycles. The number of phenolic OH excluding ortho intramolecular Hbond substituents is 1. The number of nitrogens with zero attached hydrogens (tertiary/aromatic N) is 1. The minimum absolute atomic E-state index is 0.0821. The van der Waals surface area contributed by atoms with Crippen molar-refractivity contribution in [2.75, 3.05) is 20.6 Å². The third kappa shape index (κ3) is 2.92. The average molecular weight is 327 g/mol. The van der Waals surface area contributed by atoms with Gasteiger partial charge in [-0.15, -0.1) is 0 Å². The highest BCUT2D eigenvalue weighted by Crippen LogP contribution is 2.35. The first-order valence-electron chi connectivity index (χ1n) is 6.39. The van der Waals surface area contributed by atoms with E-state index in [0.29, 0.717) is 16.6 Å². The van der Waals surface area contributed by atoms with Gasteiger partial charge in [-0.3, -0.25) is 4.79 Å². The Bertz CT molecular complexity index is 484. The Kier molecular flexibility index (Phi) is 4.16. The van der Waals surface area contributed by atoms with E-state index in [9.17, 15) is 9.90 Å². The van der Waals surface area contributed by atoms with Crippen LogP contribution in [0.2, 0.25) is 0 Å². The summed E-state index contributed by atoms with van der Waals surface area (Å²) < 4.78 is 0.591. The summed E-state index contributed by atoms with van der Waals surface area (Å²) in [6.07, 6.45) is 3.45. The molecule has 1 aromatic carbocycles. The van der Waals surface area contributed by atoms with E-state index in [1.807, 2.05) is 0 Å². The molecule has 104 valence electrons. The molecule has 0 spiro atoms. The maximum Gasteiger partial charge on any atom is 0.251 e. The topological polar surface area (TPSA) is 52.6 Å². The Morgan fingerprint density at radius 3 is 2.63 bits per heavy atom. The number of hydrogen-bond acceptors (Lipinski definition) is 3. The van der Waals surface area contributed by atoms with Gasteiger partial charge >= 0.3 is 0 Å². The quantitative estimate of drug-likeness (QED) is 0.893. The SMILES string of the molecule is CN(C)C1(CNC(=O)c2ccc(Br)c(O)c2)CCC1. The number of aromatic hydroxyl groups is 1. The van der Waals surface area contributed by atoms with Gasteiger partial charge in [0.2, 0.25) is 0 Å². The minimum atomic E-state index is -0.143. The molecule has 2 rings (SSSR count). The van der Waals surface area contributed by atoms with E-state index in [1.165, 1.54) is 12.5 Å². The third-order valence-corrected chi connectivity index (χ3v) is 4.69. The largest absolute Gasteiger partial charge is 0.507 e. The van der Waals surface area contributed by atoms with E-state index in [-0.39, 0.29) is 17.2 Å². The highest BCUT2D eigenvalue weighted by atomic mass is 79.9. The van der Waals surface area contributed by atoms with Crippen molar-refractivity contribution in [1.29, 1.82) is 0 Å². The van der Waals surface area contributed by atoms with Crippen molar-refractivity contribution in [2.45, 2.75) is 24.8 Å². The van der Waals surface area contributed by atoms with Gasteiger partial charge in [-0.1, -0.05) is 0 Å². The zero-order valence-electron chi connectivity index (χ0n) is 11.2. The summed E-state index contributed by atoms with van der Waals surface area (Å²) in [5, 5.41) is 12.6. The van der Waals surface area contributed by atoms with Crippen LogP contribution >= 0.6 is 15.9 Å². The maximum atomic E-state index is 12.1. The number of carbonyl (C=O) groups excluding carboxylic acids is 1. The smallest absolute Gasteiger partial charge is 0.251 e. The number of amides is 1. The van der Waals surface area contributed by atoms with Gasteiger partial charge in [0.25, 0.3) is 5.91 Å². The van der Waals surface area contributed by atoms with Crippen molar-refractivity contribution in [2.24, 2.45) is 0 Å². The molecular weight excluding hydrogens is 308 g/mol. The molecule has 0 radical (unpaired) electrons. The van der Waals surface area contributed by atoms with E-state index in [4.69, 9.17) is 0 Å². The van der Waals surface area contributed by atoms with Crippen molar-refractivity contribution in [1.82, 2.24) is 10.2 Å². The van der Waals surface area contributed by atoms with Crippen LogP contribution in [-0.2, 0) is 0 Å². The predicted molar refractivity (Wildman–Crippen MR) is 78.4 cm³/mol. The highest BCUT2D eigenvalue weighted by molar-refractivity contribution is 9.10. The Hall–Kier alpha value is -1.07. The summed E-state index contributed by atoms with van der Waals surface area (Å²) in [7, 11) is 4.10. The molecule has 0 aliphatic heterocycles. The minimum Gasteiger partial charge on any atom is -0.507 e. The second kappa shape index (κ2) is 5.51. The molecular formula is C14H19BrN2O2. The Labute approximate surface area is 121 Å². The maximum absolute atomic E-state index is 12.1. The lowest BCUT2D eigenvalue weighted by atomic mass is 9.75. The number of rotatable bonds is 4. The fraction of sp³-hybridized carbons (Fsp3) is 0.500. The number of nitrogens with one attached hydrogen (secondary N) is 1. The number of halogens is 1. The van der Waals surface area contributed by atoms with Gasteiger partial charge in [-0.05, 0) is 67.5 Å². The molecule has 1 aliphatic rings. The van der Waals surface area contributed by atoms with E-state index in [1.54, 1.807) is 12.1 Å². The van der Waals surface area contributed by atoms with E-state index in [2.05, 4.69) is 40.2 Å². The molecule has 1 amide bonds. The summed E-state index contributed by atoms with van der Waals surface area (Å²) in [6.45, 7) is 0.648. The molecule has 2 N–H and O–H groups in total. The van der Waals surface area contributed by atoms with Crippen LogP contribution in [-0.4, -0.2) is 42.1 Å². The van der Waals surface area contributed by atoms with Gasteiger partial charge in [-0.25, -0.2) is 0 Å². The van der Waals surface area contributed by atoms with Crippen LogP contribution in [0.15, 0.2) is 22.7 Å². The number of hydrogen-bond donors (Lipinski definition) is 2. The summed E-state index contributed by atoms with van der Waals surface area (Å²) in [4.78, 5) is 14.3. The molecule has 0 saturated heterocycles. The molecule has 0 bridgehead atoms. The van der Waals surface area contributed by atoms with Crippen LogP contribution in [0.25, 0.3) is 0 Å². The monoisotopic (exact) mass is 326 g/mol. The molecule has 19 heavy (non-hydrogen) atoms. The molecule has 4 nitrogen and oxygen atoms in total. The summed E-state index contributed by atoms with van der Waals surface area (Å²) in [5.74, 6) is -0.0606. The molecule has 0 atom stereocenters. The number of likely N-dealkylation sites (N-methyl/N-ethyl adjacent to an activating group) is 1. The molecule has 5 heteroatoms. The Balaban J connectivity index is 1.99. The van der Waals surface area contributed by atoms with Gasteiger partial charge in [0.05, 0.1) is 4.47 Å². The van der Waals surface area contributed by atoms with Gasteiger partial charge < -0.3 is 15.3 Å². The fourth-order valence-corrected chi connectivity index (χ4v) is 2.61. The van der Waals surface area contributed by atoms with E-state index < -0.39 is 0 Å². The first kappa shape index (κ1) is 14.3. The van der Waals surface area contributed by atoms with Gasteiger partial charge in [0.1, 0.15) is 5.75 Å². The molecule has 0 unspecified atom stereocenters. The van der Waals surface area contributed by atoms with Crippen molar-refractivity contribution in [3.05, 3.63) is 28.2 Å². The summed E-state index contributed by atoms with van der Waals surface area (Å²) >= 11 is 3.20. The zero-order chi connectivity index (χ0) is 14.0. The third-order valence-electron chi connectivity index (χ3n) is 4.02. The molecule has 1 aromatic rings. The standard InChI is InChI=1S/C14H19BrN2O2/c1-17(2)14(6-3-7-14)9-16-13(19)10-4-5-11(15)12(18)8-10/h4-5,8,18H,3,6-7,9H2,1-2H3,(H,16,19). The van der Waals surface area contributed by atoms with Crippen LogP contribution in [0.3, 0.4) is 0 Å². The lowest BCUT2D eigenvalue weighted by Gasteiger charge is -2.47. The second-order valence-electron chi connectivity index (χ2n) is 5.32. The van der Waals surface area contributed by atoms with Crippen molar-refractivity contribution < 1.29 is 9.90 Å². The lowest BCUT2D eigenvalue weighted by molar-refractivity contribution is 0.0557. The second-order valence-corrected chi connectivity index (χ2v) is 6.18. The highest BCUT2D eigenvalue weighted by Gasteiger charge is 2.39. The molecule has 0 heterocycles. The van der Waals surface area contributed by atoms with Crippen LogP contribution in [0.4, 0.5) is 0 Å². The van der Waals surface area contributed by atoms with Gasteiger partial charge in [0, 0.05) is 17.6 Å². The number of carbonyl (C=O) groups is 1. The van der Waals surface area contributed by atoms with Crippen LogP contribution < -0.4 is 5.32 Å². The van der Waals surface area contributed by atoms with E-state index >= 15 is 0 Å². The Morgan fingerprint density at radius 1 is 1.47 bits per heavy atom. The fourth-order valence-electron chi connectivity index (χ4n) is 2.37.